The fraction of sp³-hybridized carbons (Fsp3) is 1.00. The van der Waals surface area contributed by atoms with E-state index in [0.717, 1.165) is 12.8 Å². The molecule has 0 amide bonds. The van der Waals surface area contributed by atoms with E-state index in [-0.39, 0.29) is 0 Å². The minimum absolute atomic E-state index is 0.421. The lowest BCUT2D eigenvalue weighted by atomic mass is 10.00. The SMILES string of the molecule is CCCCO[C@H]1C(C)O[C@@H](O)[C@@H](O)C1O. The average molecular weight is 220 g/mol. The highest BCUT2D eigenvalue weighted by Crippen LogP contribution is 2.22. The van der Waals surface area contributed by atoms with Crippen LogP contribution in [-0.4, -0.2) is 52.6 Å². The zero-order valence-corrected chi connectivity index (χ0v) is 9.17. The summed E-state index contributed by atoms with van der Waals surface area (Å²) in [5.41, 5.74) is 0. The van der Waals surface area contributed by atoms with Crippen molar-refractivity contribution in [3.8, 4) is 0 Å². The van der Waals surface area contributed by atoms with Crippen molar-refractivity contribution in [2.24, 2.45) is 0 Å². The molecule has 0 saturated carbocycles. The number of ether oxygens (including phenoxy) is 2. The van der Waals surface area contributed by atoms with Gasteiger partial charge in [0.2, 0.25) is 0 Å². The number of aliphatic hydroxyl groups excluding tert-OH is 3. The first kappa shape index (κ1) is 12.9. The van der Waals surface area contributed by atoms with Gasteiger partial charge < -0.3 is 24.8 Å². The van der Waals surface area contributed by atoms with Gasteiger partial charge in [-0.2, -0.15) is 0 Å². The van der Waals surface area contributed by atoms with Gasteiger partial charge in [-0.25, -0.2) is 0 Å². The molecule has 0 spiro atoms. The Morgan fingerprint density at radius 2 is 1.87 bits per heavy atom. The lowest BCUT2D eigenvalue weighted by Gasteiger charge is -2.39. The molecule has 1 aliphatic rings. The van der Waals surface area contributed by atoms with Crippen LogP contribution in [0.25, 0.3) is 0 Å². The maximum atomic E-state index is 9.66. The number of rotatable bonds is 4. The van der Waals surface area contributed by atoms with Gasteiger partial charge in [0.1, 0.15) is 18.3 Å². The van der Waals surface area contributed by atoms with E-state index < -0.39 is 30.7 Å². The lowest BCUT2D eigenvalue weighted by Crippen LogP contribution is -2.57. The second-order valence-electron chi connectivity index (χ2n) is 3.90. The molecule has 0 aromatic heterocycles. The van der Waals surface area contributed by atoms with Crippen molar-refractivity contribution in [1.29, 1.82) is 0 Å². The van der Waals surface area contributed by atoms with E-state index in [1.54, 1.807) is 6.92 Å². The molecule has 1 saturated heterocycles. The zero-order chi connectivity index (χ0) is 11.4. The van der Waals surface area contributed by atoms with Crippen molar-refractivity contribution in [2.45, 2.75) is 57.4 Å². The van der Waals surface area contributed by atoms with Crippen molar-refractivity contribution in [2.75, 3.05) is 6.61 Å². The van der Waals surface area contributed by atoms with E-state index in [0.29, 0.717) is 6.61 Å². The Balaban J connectivity index is 2.46. The second-order valence-corrected chi connectivity index (χ2v) is 3.90. The summed E-state index contributed by atoms with van der Waals surface area (Å²) in [6.45, 7) is 4.27. The summed E-state index contributed by atoms with van der Waals surface area (Å²) in [6, 6.07) is 0. The third-order valence-corrected chi connectivity index (χ3v) is 2.60. The van der Waals surface area contributed by atoms with Crippen molar-refractivity contribution in [1.82, 2.24) is 0 Å². The van der Waals surface area contributed by atoms with E-state index in [2.05, 4.69) is 0 Å². The van der Waals surface area contributed by atoms with Crippen LogP contribution in [0.4, 0.5) is 0 Å². The summed E-state index contributed by atoms with van der Waals surface area (Å²) >= 11 is 0. The molecule has 15 heavy (non-hydrogen) atoms. The van der Waals surface area contributed by atoms with Crippen molar-refractivity contribution in [3.05, 3.63) is 0 Å². The molecule has 5 nitrogen and oxygen atoms in total. The molecule has 0 bridgehead atoms. The fourth-order valence-corrected chi connectivity index (χ4v) is 1.62. The summed E-state index contributed by atoms with van der Waals surface area (Å²) in [5.74, 6) is 0. The maximum Gasteiger partial charge on any atom is 0.183 e. The van der Waals surface area contributed by atoms with Crippen LogP contribution in [0, 0.1) is 0 Å². The number of hydrogen-bond donors (Lipinski definition) is 3. The van der Waals surface area contributed by atoms with Gasteiger partial charge >= 0.3 is 0 Å². The van der Waals surface area contributed by atoms with Crippen LogP contribution in [0.1, 0.15) is 26.7 Å². The zero-order valence-electron chi connectivity index (χ0n) is 9.17. The van der Waals surface area contributed by atoms with Gasteiger partial charge in [0, 0.05) is 6.61 Å². The van der Waals surface area contributed by atoms with Gasteiger partial charge in [-0.05, 0) is 13.3 Å². The highest BCUT2D eigenvalue weighted by Gasteiger charge is 2.42. The Morgan fingerprint density at radius 3 is 2.47 bits per heavy atom. The quantitative estimate of drug-likeness (QED) is 0.563. The maximum absolute atomic E-state index is 9.66. The molecular formula is C10H20O5. The van der Waals surface area contributed by atoms with Crippen molar-refractivity contribution >= 4 is 0 Å². The molecule has 1 aliphatic heterocycles. The Hall–Kier alpha value is -0.200. The van der Waals surface area contributed by atoms with Crippen LogP contribution < -0.4 is 0 Å². The van der Waals surface area contributed by atoms with Gasteiger partial charge in [-0.1, -0.05) is 13.3 Å². The summed E-state index contributed by atoms with van der Waals surface area (Å²) in [5, 5.41) is 28.3. The highest BCUT2D eigenvalue weighted by molar-refractivity contribution is 4.87. The van der Waals surface area contributed by atoms with E-state index in [1.807, 2.05) is 6.92 Å². The summed E-state index contributed by atoms with van der Waals surface area (Å²) < 4.78 is 10.5. The standard InChI is InChI=1S/C10H20O5/c1-3-4-5-14-9-6(2)15-10(13)8(12)7(9)11/h6-13H,3-5H2,1-2H3/t6?,7?,8-,9-,10+/m0/s1. The molecule has 3 N–H and O–H groups in total. The number of hydrogen-bond acceptors (Lipinski definition) is 5. The van der Waals surface area contributed by atoms with Crippen LogP contribution in [0.3, 0.4) is 0 Å². The molecule has 5 atom stereocenters. The Kier molecular flexibility index (Phi) is 4.95. The highest BCUT2D eigenvalue weighted by atomic mass is 16.6. The Morgan fingerprint density at radius 1 is 1.20 bits per heavy atom. The summed E-state index contributed by atoms with van der Waals surface area (Å²) in [4.78, 5) is 0. The average Bonchev–Trinajstić information content (AvgIpc) is 2.20. The number of unbranched alkanes of at least 4 members (excludes halogenated alkanes) is 1. The largest absolute Gasteiger partial charge is 0.387 e. The fourth-order valence-electron chi connectivity index (χ4n) is 1.62. The molecule has 2 unspecified atom stereocenters. The lowest BCUT2D eigenvalue weighted by molar-refractivity contribution is -0.285. The molecule has 0 aliphatic carbocycles. The van der Waals surface area contributed by atoms with Crippen LogP contribution in [-0.2, 0) is 9.47 Å². The van der Waals surface area contributed by atoms with Gasteiger partial charge in [-0.3, -0.25) is 0 Å². The normalized spacial score (nSPS) is 41.8. The van der Waals surface area contributed by atoms with Gasteiger partial charge in [0.05, 0.1) is 6.10 Å². The molecule has 0 aromatic carbocycles. The Bertz CT molecular complexity index is 187. The predicted molar refractivity (Wildman–Crippen MR) is 53.2 cm³/mol. The third-order valence-electron chi connectivity index (χ3n) is 2.60. The topological polar surface area (TPSA) is 79.2 Å². The summed E-state index contributed by atoms with van der Waals surface area (Å²) in [7, 11) is 0. The van der Waals surface area contributed by atoms with Crippen LogP contribution in [0.15, 0.2) is 0 Å². The molecular weight excluding hydrogens is 200 g/mol. The van der Waals surface area contributed by atoms with Crippen LogP contribution in [0.2, 0.25) is 0 Å². The van der Waals surface area contributed by atoms with E-state index >= 15 is 0 Å². The first-order valence-electron chi connectivity index (χ1n) is 5.39. The number of aliphatic hydroxyl groups is 3. The van der Waals surface area contributed by atoms with Gasteiger partial charge in [0.25, 0.3) is 0 Å². The monoisotopic (exact) mass is 220 g/mol. The van der Waals surface area contributed by atoms with Crippen LogP contribution >= 0.6 is 0 Å². The van der Waals surface area contributed by atoms with Gasteiger partial charge in [0.15, 0.2) is 6.29 Å². The molecule has 5 heteroatoms. The predicted octanol–water partition coefficient (Wildman–Crippen LogP) is -0.369. The molecule has 1 fully saturated rings. The first-order valence-corrected chi connectivity index (χ1v) is 5.39. The Labute approximate surface area is 89.6 Å². The molecule has 1 rings (SSSR count). The van der Waals surface area contributed by atoms with E-state index in [1.165, 1.54) is 0 Å². The molecule has 0 aromatic rings. The molecule has 0 radical (unpaired) electrons. The van der Waals surface area contributed by atoms with E-state index in [9.17, 15) is 15.3 Å². The minimum atomic E-state index is -1.33. The van der Waals surface area contributed by atoms with Gasteiger partial charge in [-0.15, -0.1) is 0 Å². The second kappa shape index (κ2) is 5.77. The summed E-state index contributed by atoms with van der Waals surface area (Å²) in [6.07, 6.45) is -2.82. The molecule has 1 heterocycles. The first-order chi connectivity index (χ1) is 7.07. The van der Waals surface area contributed by atoms with Crippen molar-refractivity contribution < 1.29 is 24.8 Å². The van der Waals surface area contributed by atoms with Crippen LogP contribution in [0.5, 0.6) is 0 Å². The smallest absolute Gasteiger partial charge is 0.183 e. The molecule has 90 valence electrons. The third kappa shape index (κ3) is 3.12. The van der Waals surface area contributed by atoms with Crippen molar-refractivity contribution in [3.63, 3.8) is 0 Å². The minimum Gasteiger partial charge on any atom is -0.387 e. The van der Waals surface area contributed by atoms with E-state index in [4.69, 9.17) is 9.47 Å².